The van der Waals surface area contributed by atoms with E-state index in [-0.39, 0.29) is 13.1 Å². The Kier molecular flexibility index (Phi) is 7.80. The van der Waals surface area contributed by atoms with Gasteiger partial charge in [-0.25, -0.2) is 8.70 Å². The van der Waals surface area contributed by atoms with Crippen molar-refractivity contribution in [3.63, 3.8) is 0 Å². The number of methoxy groups -OCH3 is 1. The van der Waals surface area contributed by atoms with Gasteiger partial charge in [-0.05, 0) is 67.1 Å². The summed E-state index contributed by atoms with van der Waals surface area (Å²) in [4.78, 5) is 17.5. The number of benzene rings is 2. The molecule has 35 heavy (non-hydrogen) atoms. The average Bonchev–Trinajstić information content (AvgIpc) is 2.83. The van der Waals surface area contributed by atoms with Gasteiger partial charge in [-0.15, -0.1) is 0 Å². The van der Waals surface area contributed by atoms with Crippen LogP contribution in [0.4, 0.5) is 23.2 Å². The van der Waals surface area contributed by atoms with Gasteiger partial charge < -0.3 is 14.5 Å². The molecule has 2 heterocycles. The van der Waals surface area contributed by atoms with Crippen molar-refractivity contribution in [2.45, 2.75) is 30.8 Å². The Morgan fingerprint density at radius 1 is 1.06 bits per heavy atom. The second-order valence-corrected chi connectivity index (χ2v) is 10.2. The molecule has 190 valence electrons. The number of alkyl halides is 3. The Hall–Kier alpha value is -2.46. The predicted octanol–water partition coefficient (Wildman–Crippen LogP) is 5.55. The molecular weight excluding hydrogens is 482 g/mol. The average molecular weight is 512 g/mol. The summed E-state index contributed by atoms with van der Waals surface area (Å²) >= 11 is 1.72. The van der Waals surface area contributed by atoms with Crippen molar-refractivity contribution in [1.29, 1.82) is 0 Å². The SMILES string of the molecule is COc1ccc(SN2CCCC(C)C2)cc1N1CCN(C(=O)c2ccc(F)cc2C(F)(F)F)CC1. The Bertz CT molecular complexity index is 1060. The number of hydrogen-bond acceptors (Lipinski definition) is 5. The molecule has 1 unspecified atom stereocenters. The Balaban J connectivity index is 1.46. The lowest BCUT2D eigenvalue weighted by Gasteiger charge is -2.37. The third-order valence-corrected chi connectivity index (χ3v) is 7.48. The number of piperidine rings is 1. The van der Waals surface area contributed by atoms with E-state index >= 15 is 0 Å². The summed E-state index contributed by atoms with van der Waals surface area (Å²) in [5.41, 5.74) is -0.880. The normalized spacial score (nSPS) is 19.7. The number of halogens is 4. The zero-order valence-electron chi connectivity index (χ0n) is 19.8. The largest absolute Gasteiger partial charge is 0.495 e. The first-order valence-electron chi connectivity index (χ1n) is 11.7. The van der Waals surface area contributed by atoms with Crippen molar-refractivity contribution >= 4 is 23.5 Å². The predicted molar refractivity (Wildman–Crippen MR) is 128 cm³/mol. The summed E-state index contributed by atoms with van der Waals surface area (Å²) in [6, 6.07) is 8.20. The first-order chi connectivity index (χ1) is 16.7. The quantitative estimate of drug-likeness (QED) is 0.388. The van der Waals surface area contributed by atoms with Gasteiger partial charge in [0.2, 0.25) is 0 Å². The van der Waals surface area contributed by atoms with Crippen LogP contribution in [0.2, 0.25) is 0 Å². The molecular formula is C25H29F4N3O2S. The van der Waals surface area contributed by atoms with Crippen LogP contribution >= 0.6 is 11.9 Å². The molecule has 0 aromatic heterocycles. The molecule has 4 rings (SSSR count). The number of amides is 1. The van der Waals surface area contributed by atoms with Gasteiger partial charge in [0.1, 0.15) is 11.6 Å². The molecule has 10 heteroatoms. The molecule has 0 saturated carbocycles. The van der Waals surface area contributed by atoms with E-state index in [1.54, 1.807) is 19.1 Å². The lowest BCUT2D eigenvalue weighted by molar-refractivity contribution is -0.138. The van der Waals surface area contributed by atoms with Gasteiger partial charge >= 0.3 is 6.18 Å². The van der Waals surface area contributed by atoms with Crippen LogP contribution < -0.4 is 9.64 Å². The number of rotatable bonds is 5. The molecule has 2 aliphatic rings. The molecule has 2 aromatic rings. The van der Waals surface area contributed by atoms with Crippen LogP contribution in [0.25, 0.3) is 0 Å². The molecule has 2 saturated heterocycles. The number of carbonyl (C=O) groups is 1. The molecule has 0 spiro atoms. The Labute approximate surface area is 207 Å². The fourth-order valence-corrected chi connectivity index (χ4v) is 5.75. The van der Waals surface area contributed by atoms with Gasteiger partial charge in [0, 0.05) is 44.2 Å². The van der Waals surface area contributed by atoms with Gasteiger partial charge in [-0.3, -0.25) is 4.79 Å². The number of carbonyl (C=O) groups excluding carboxylic acids is 1. The standard InChI is InChI=1S/C25H29F4N3O2S/c1-17-4-3-9-32(16-17)35-19-6-8-23(34-2)22(15-19)30-10-12-31(13-11-30)24(33)20-7-5-18(26)14-21(20)25(27,28)29/h5-8,14-15,17H,3-4,9-13,16H2,1-2H3. The first-order valence-corrected chi connectivity index (χ1v) is 12.4. The highest BCUT2D eigenvalue weighted by atomic mass is 32.2. The van der Waals surface area contributed by atoms with Crippen LogP contribution in [0.3, 0.4) is 0 Å². The molecule has 1 atom stereocenters. The maximum atomic E-state index is 13.4. The van der Waals surface area contributed by atoms with Gasteiger partial charge in [0.05, 0.1) is 23.9 Å². The molecule has 2 aliphatic heterocycles. The molecule has 0 bridgehead atoms. The maximum Gasteiger partial charge on any atom is 0.417 e. The molecule has 0 N–H and O–H groups in total. The van der Waals surface area contributed by atoms with Crippen molar-refractivity contribution in [1.82, 2.24) is 9.21 Å². The lowest BCUT2D eigenvalue weighted by Crippen LogP contribution is -2.49. The van der Waals surface area contributed by atoms with E-state index in [1.165, 1.54) is 17.7 Å². The molecule has 0 aliphatic carbocycles. The second kappa shape index (κ2) is 10.7. The van der Waals surface area contributed by atoms with Crippen molar-refractivity contribution in [2.75, 3.05) is 51.3 Å². The third kappa shape index (κ3) is 6.03. The fraction of sp³-hybridized carbons (Fsp3) is 0.480. The van der Waals surface area contributed by atoms with Crippen LogP contribution in [0.15, 0.2) is 41.3 Å². The summed E-state index contributed by atoms with van der Waals surface area (Å²) in [6.45, 7) is 5.72. The summed E-state index contributed by atoms with van der Waals surface area (Å²) in [5.74, 6) is -0.396. The zero-order valence-corrected chi connectivity index (χ0v) is 20.6. The van der Waals surface area contributed by atoms with E-state index in [4.69, 9.17) is 4.74 Å². The first kappa shape index (κ1) is 25.6. The van der Waals surface area contributed by atoms with Crippen molar-refractivity contribution in [3.05, 3.63) is 53.3 Å². The molecule has 2 fully saturated rings. The third-order valence-electron chi connectivity index (χ3n) is 6.43. The van der Waals surface area contributed by atoms with E-state index in [0.717, 1.165) is 35.8 Å². The fourth-order valence-electron chi connectivity index (χ4n) is 4.61. The van der Waals surface area contributed by atoms with E-state index in [0.29, 0.717) is 30.8 Å². The summed E-state index contributed by atoms with van der Waals surface area (Å²) in [5, 5.41) is 0. The van der Waals surface area contributed by atoms with Gasteiger partial charge in [0.15, 0.2) is 0 Å². The van der Waals surface area contributed by atoms with Crippen LogP contribution in [-0.4, -0.2) is 61.5 Å². The minimum absolute atomic E-state index is 0.248. The summed E-state index contributed by atoms with van der Waals surface area (Å²) in [6.07, 6.45) is -2.39. The van der Waals surface area contributed by atoms with E-state index in [2.05, 4.69) is 22.2 Å². The van der Waals surface area contributed by atoms with Gasteiger partial charge in [-0.2, -0.15) is 13.2 Å². The Morgan fingerprint density at radius 3 is 2.46 bits per heavy atom. The number of nitrogens with zero attached hydrogens (tertiary/aromatic N) is 3. The van der Waals surface area contributed by atoms with Gasteiger partial charge in [-0.1, -0.05) is 6.92 Å². The minimum Gasteiger partial charge on any atom is -0.495 e. The number of piperazine rings is 1. The molecule has 1 amide bonds. The van der Waals surface area contributed by atoms with Crippen molar-refractivity contribution in [3.8, 4) is 5.75 Å². The smallest absolute Gasteiger partial charge is 0.417 e. The molecule has 2 aromatic carbocycles. The van der Waals surface area contributed by atoms with E-state index in [1.807, 2.05) is 12.1 Å². The van der Waals surface area contributed by atoms with Crippen LogP contribution in [0.5, 0.6) is 5.75 Å². The number of anilines is 1. The zero-order chi connectivity index (χ0) is 25.2. The van der Waals surface area contributed by atoms with E-state index in [9.17, 15) is 22.4 Å². The van der Waals surface area contributed by atoms with Crippen LogP contribution in [0, 0.1) is 11.7 Å². The maximum absolute atomic E-state index is 13.4. The summed E-state index contributed by atoms with van der Waals surface area (Å²) < 4.78 is 61.5. The minimum atomic E-state index is -4.81. The monoisotopic (exact) mass is 511 g/mol. The van der Waals surface area contributed by atoms with E-state index < -0.39 is 29.0 Å². The molecule has 0 radical (unpaired) electrons. The highest BCUT2D eigenvalue weighted by Crippen LogP contribution is 2.37. The second-order valence-electron chi connectivity index (χ2n) is 9.03. The van der Waals surface area contributed by atoms with Crippen LogP contribution in [-0.2, 0) is 6.18 Å². The van der Waals surface area contributed by atoms with Gasteiger partial charge in [0.25, 0.3) is 5.91 Å². The highest BCUT2D eigenvalue weighted by Gasteiger charge is 2.37. The van der Waals surface area contributed by atoms with Crippen LogP contribution in [0.1, 0.15) is 35.7 Å². The highest BCUT2D eigenvalue weighted by molar-refractivity contribution is 7.97. The molecule has 5 nitrogen and oxygen atoms in total. The lowest BCUT2D eigenvalue weighted by atomic mass is 10.0. The summed E-state index contributed by atoms with van der Waals surface area (Å²) in [7, 11) is 1.60. The number of ether oxygens (including phenoxy) is 1. The number of hydrogen-bond donors (Lipinski definition) is 0. The van der Waals surface area contributed by atoms with Crippen molar-refractivity contribution in [2.24, 2.45) is 5.92 Å². The van der Waals surface area contributed by atoms with Crippen molar-refractivity contribution < 1.29 is 27.1 Å². The Morgan fingerprint density at radius 2 is 1.80 bits per heavy atom. The topological polar surface area (TPSA) is 36.0 Å².